The van der Waals surface area contributed by atoms with Crippen molar-refractivity contribution in [3.63, 3.8) is 0 Å². The van der Waals surface area contributed by atoms with E-state index >= 15 is 0 Å². The fourth-order valence-electron chi connectivity index (χ4n) is 2.68. The fraction of sp³-hybridized carbons (Fsp3) is 0.0952. The highest BCUT2D eigenvalue weighted by Gasteiger charge is 2.08. The Hall–Kier alpha value is -3.45. The van der Waals surface area contributed by atoms with E-state index in [1.54, 1.807) is 26.1 Å². The third-order valence-electron chi connectivity index (χ3n) is 4.01. The van der Waals surface area contributed by atoms with Gasteiger partial charge in [-0.25, -0.2) is 4.68 Å². The van der Waals surface area contributed by atoms with E-state index in [4.69, 9.17) is 5.26 Å². The van der Waals surface area contributed by atoms with E-state index in [0.29, 0.717) is 11.3 Å². The van der Waals surface area contributed by atoms with Crippen molar-refractivity contribution >= 4 is 6.21 Å². The molecule has 0 bridgehead atoms. The summed E-state index contributed by atoms with van der Waals surface area (Å²) < 4.78 is 1.26. The molecule has 0 fully saturated rings. The number of nitriles is 1. The monoisotopic (exact) mass is 327 g/mol. The zero-order chi connectivity index (χ0) is 17.8. The normalized spacial score (nSPS) is 10.8. The van der Waals surface area contributed by atoms with Gasteiger partial charge in [0.1, 0.15) is 11.6 Å². The minimum Gasteiger partial charge on any atom is -0.266 e. The predicted octanol–water partition coefficient (Wildman–Crippen LogP) is 3.89. The summed E-state index contributed by atoms with van der Waals surface area (Å²) in [6, 6.07) is 21.8. The fourth-order valence-corrected chi connectivity index (χ4v) is 2.68. The second-order valence-corrected chi connectivity index (χ2v) is 5.81. The van der Waals surface area contributed by atoms with Crippen molar-refractivity contribution in [1.82, 2.24) is 4.68 Å². The maximum Gasteiger partial charge on any atom is 0.289 e. The highest BCUT2D eigenvalue weighted by atomic mass is 16.1. The average Bonchev–Trinajstić information content (AvgIpc) is 2.63. The van der Waals surface area contributed by atoms with Crippen LogP contribution < -0.4 is 5.56 Å². The summed E-state index contributed by atoms with van der Waals surface area (Å²) in [7, 11) is 0. The van der Waals surface area contributed by atoms with Gasteiger partial charge in [0, 0.05) is 5.69 Å². The Labute approximate surface area is 146 Å². The summed E-state index contributed by atoms with van der Waals surface area (Å²) in [4.78, 5) is 12.3. The lowest BCUT2D eigenvalue weighted by atomic mass is 10.0. The summed E-state index contributed by atoms with van der Waals surface area (Å²) >= 11 is 0. The van der Waals surface area contributed by atoms with Gasteiger partial charge in [0.25, 0.3) is 5.56 Å². The lowest BCUT2D eigenvalue weighted by molar-refractivity contribution is 0.786. The number of aryl methyl sites for hydroxylation is 2. The van der Waals surface area contributed by atoms with Gasteiger partial charge in [-0.2, -0.15) is 10.4 Å². The van der Waals surface area contributed by atoms with E-state index in [-0.39, 0.29) is 5.56 Å². The summed E-state index contributed by atoms with van der Waals surface area (Å²) in [5.74, 6) is 0. The highest BCUT2D eigenvalue weighted by Crippen LogP contribution is 2.18. The largest absolute Gasteiger partial charge is 0.289 e. The quantitative estimate of drug-likeness (QED) is 0.685. The van der Waals surface area contributed by atoms with Gasteiger partial charge in [-0.05, 0) is 42.2 Å². The molecule has 0 amide bonds. The van der Waals surface area contributed by atoms with Crippen LogP contribution in [0.1, 0.15) is 22.4 Å². The Morgan fingerprint density at radius 1 is 1.00 bits per heavy atom. The lowest BCUT2D eigenvalue weighted by Gasteiger charge is -2.06. The van der Waals surface area contributed by atoms with Gasteiger partial charge in [0.2, 0.25) is 0 Å². The number of nitrogens with zero attached hydrogens (tertiary/aromatic N) is 3. The first kappa shape index (κ1) is 16.4. The maximum absolute atomic E-state index is 12.3. The molecule has 25 heavy (non-hydrogen) atoms. The molecule has 0 spiro atoms. The molecule has 0 aliphatic rings. The Balaban J connectivity index is 1.91. The van der Waals surface area contributed by atoms with Crippen LogP contribution in [-0.2, 0) is 0 Å². The minimum atomic E-state index is -0.392. The van der Waals surface area contributed by atoms with E-state index in [1.807, 2.05) is 48.5 Å². The van der Waals surface area contributed by atoms with Crippen LogP contribution in [0.5, 0.6) is 0 Å². The number of pyridine rings is 1. The van der Waals surface area contributed by atoms with Gasteiger partial charge in [-0.15, -0.1) is 0 Å². The number of hydrogen-bond acceptors (Lipinski definition) is 3. The van der Waals surface area contributed by atoms with Gasteiger partial charge in [0.05, 0.1) is 6.21 Å². The van der Waals surface area contributed by atoms with Crippen LogP contribution in [0.15, 0.2) is 70.6 Å². The standard InChI is InChI=1S/C21H17N3O/c1-15-12-16(2)24(21(25)20(15)13-22)23-14-17-8-10-19(11-9-17)18-6-4-3-5-7-18/h3-12,14H,1-2H3. The van der Waals surface area contributed by atoms with Gasteiger partial charge in [0.15, 0.2) is 0 Å². The minimum absolute atomic E-state index is 0.127. The summed E-state index contributed by atoms with van der Waals surface area (Å²) in [5, 5.41) is 13.4. The molecule has 122 valence electrons. The lowest BCUT2D eigenvalue weighted by Crippen LogP contribution is -2.22. The van der Waals surface area contributed by atoms with Crippen LogP contribution in [0.4, 0.5) is 0 Å². The van der Waals surface area contributed by atoms with Gasteiger partial charge < -0.3 is 0 Å². The first-order valence-electron chi connectivity index (χ1n) is 7.93. The predicted molar refractivity (Wildman–Crippen MR) is 99.8 cm³/mol. The first-order chi connectivity index (χ1) is 12.1. The molecular weight excluding hydrogens is 310 g/mol. The van der Waals surface area contributed by atoms with E-state index < -0.39 is 5.56 Å². The van der Waals surface area contributed by atoms with E-state index in [2.05, 4.69) is 17.2 Å². The molecule has 0 atom stereocenters. The molecule has 3 aromatic rings. The van der Waals surface area contributed by atoms with Crippen molar-refractivity contribution in [3.8, 4) is 17.2 Å². The Kier molecular flexibility index (Phi) is 4.58. The molecule has 3 rings (SSSR count). The summed E-state index contributed by atoms with van der Waals surface area (Å²) in [6.07, 6.45) is 1.62. The molecule has 1 aromatic heterocycles. The smallest absolute Gasteiger partial charge is 0.266 e. The molecule has 1 heterocycles. The van der Waals surface area contributed by atoms with E-state index in [1.165, 1.54) is 4.68 Å². The third-order valence-corrected chi connectivity index (χ3v) is 4.01. The molecule has 0 unspecified atom stereocenters. The molecule has 0 saturated carbocycles. The molecule has 4 nitrogen and oxygen atoms in total. The molecule has 4 heteroatoms. The Morgan fingerprint density at radius 3 is 2.28 bits per heavy atom. The van der Waals surface area contributed by atoms with Crippen molar-refractivity contribution < 1.29 is 0 Å². The van der Waals surface area contributed by atoms with Crippen LogP contribution in [0.2, 0.25) is 0 Å². The van der Waals surface area contributed by atoms with Crippen LogP contribution in [0.3, 0.4) is 0 Å². The van der Waals surface area contributed by atoms with Crippen LogP contribution in [0, 0.1) is 25.2 Å². The highest BCUT2D eigenvalue weighted by molar-refractivity contribution is 5.81. The zero-order valence-electron chi connectivity index (χ0n) is 14.1. The molecule has 0 radical (unpaired) electrons. The number of aromatic nitrogens is 1. The maximum atomic E-state index is 12.3. The first-order valence-corrected chi connectivity index (χ1v) is 7.93. The van der Waals surface area contributed by atoms with Crippen LogP contribution in [-0.4, -0.2) is 10.9 Å². The Bertz CT molecular complexity index is 1020. The van der Waals surface area contributed by atoms with Gasteiger partial charge in [-0.3, -0.25) is 4.79 Å². The van der Waals surface area contributed by atoms with Crippen molar-refractivity contribution in [1.29, 1.82) is 5.26 Å². The molecule has 2 aromatic carbocycles. The molecular formula is C21H17N3O. The zero-order valence-corrected chi connectivity index (χ0v) is 14.1. The molecule has 0 N–H and O–H groups in total. The number of benzene rings is 2. The molecule has 0 saturated heterocycles. The van der Waals surface area contributed by atoms with Crippen LogP contribution >= 0.6 is 0 Å². The van der Waals surface area contributed by atoms with Crippen LogP contribution in [0.25, 0.3) is 11.1 Å². The second kappa shape index (κ2) is 6.98. The van der Waals surface area contributed by atoms with Gasteiger partial charge in [-0.1, -0.05) is 54.6 Å². The van der Waals surface area contributed by atoms with E-state index in [0.717, 1.165) is 16.7 Å². The van der Waals surface area contributed by atoms with Crippen molar-refractivity contribution in [2.45, 2.75) is 13.8 Å². The topological polar surface area (TPSA) is 58.1 Å². The third kappa shape index (κ3) is 3.41. The molecule has 0 aliphatic heterocycles. The summed E-state index contributed by atoms with van der Waals surface area (Å²) in [5.41, 5.74) is 4.25. The average molecular weight is 327 g/mol. The summed E-state index contributed by atoms with van der Waals surface area (Å²) in [6.45, 7) is 3.55. The SMILES string of the molecule is Cc1cc(C)n(N=Cc2ccc(-c3ccccc3)cc2)c(=O)c1C#N. The second-order valence-electron chi connectivity index (χ2n) is 5.81. The van der Waals surface area contributed by atoms with Crippen molar-refractivity contribution in [3.05, 3.63) is 93.4 Å². The molecule has 0 aliphatic carbocycles. The van der Waals surface area contributed by atoms with Gasteiger partial charge >= 0.3 is 0 Å². The van der Waals surface area contributed by atoms with Crippen molar-refractivity contribution in [2.24, 2.45) is 5.10 Å². The number of hydrogen-bond donors (Lipinski definition) is 0. The Morgan fingerprint density at radius 2 is 1.64 bits per heavy atom. The number of rotatable bonds is 3. The van der Waals surface area contributed by atoms with Crippen molar-refractivity contribution in [2.75, 3.05) is 0 Å². The van der Waals surface area contributed by atoms with E-state index in [9.17, 15) is 4.79 Å².